The minimum Gasteiger partial charge on any atom is -0.493 e. The first kappa shape index (κ1) is 23.8. The minimum atomic E-state index is -0.315. The molecule has 0 saturated carbocycles. The Balaban J connectivity index is 1.33. The number of hydrogen-bond acceptors (Lipinski definition) is 6. The summed E-state index contributed by atoms with van der Waals surface area (Å²) < 4.78 is 32.1. The summed E-state index contributed by atoms with van der Waals surface area (Å²) in [7, 11) is 3.11. The Morgan fingerprint density at radius 3 is 2.35 bits per heavy atom. The summed E-state index contributed by atoms with van der Waals surface area (Å²) in [5.41, 5.74) is 0.815. The van der Waals surface area contributed by atoms with E-state index in [-0.39, 0.29) is 18.5 Å². The smallest absolute Gasteiger partial charge is 0.274 e. The molecule has 8 nitrogen and oxygen atoms in total. The Kier molecular flexibility index (Phi) is 7.54. The molecule has 0 unspecified atom stereocenters. The summed E-state index contributed by atoms with van der Waals surface area (Å²) in [5.74, 6) is 1.07. The highest BCUT2D eigenvalue weighted by Gasteiger charge is 2.25. The third-order valence-electron chi connectivity index (χ3n) is 5.69. The van der Waals surface area contributed by atoms with Gasteiger partial charge >= 0.3 is 0 Å². The van der Waals surface area contributed by atoms with Gasteiger partial charge in [0.15, 0.2) is 23.9 Å². The Morgan fingerprint density at radius 1 is 1.03 bits per heavy atom. The SMILES string of the molecule is COc1cccc(OC)c1OCn1ccc(C(=O)N2CCN(Cc3c(F)cccc3Cl)CC2)n1. The number of amides is 1. The molecule has 1 aliphatic heterocycles. The van der Waals surface area contributed by atoms with Gasteiger partial charge in [-0.3, -0.25) is 9.69 Å². The maximum absolute atomic E-state index is 14.1. The first-order valence-corrected chi connectivity index (χ1v) is 11.2. The lowest BCUT2D eigenvalue weighted by molar-refractivity contribution is 0.0619. The normalized spacial score (nSPS) is 14.2. The van der Waals surface area contributed by atoms with Gasteiger partial charge in [-0.05, 0) is 30.3 Å². The summed E-state index contributed by atoms with van der Waals surface area (Å²) in [6.07, 6.45) is 1.69. The van der Waals surface area contributed by atoms with Crippen molar-refractivity contribution in [3.63, 3.8) is 0 Å². The minimum absolute atomic E-state index is 0.0845. The fourth-order valence-electron chi connectivity index (χ4n) is 3.82. The van der Waals surface area contributed by atoms with Crippen molar-refractivity contribution in [2.75, 3.05) is 40.4 Å². The van der Waals surface area contributed by atoms with Crippen LogP contribution in [0.1, 0.15) is 16.1 Å². The van der Waals surface area contributed by atoms with Crippen molar-refractivity contribution in [2.24, 2.45) is 0 Å². The van der Waals surface area contributed by atoms with Crippen molar-refractivity contribution in [2.45, 2.75) is 13.3 Å². The van der Waals surface area contributed by atoms with E-state index >= 15 is 0 Å². The van der Waals surface area contributed by atoms with E-state index in [1.165, 1.54) is 10.7 Å². The third kappa shape index (κ3) is 5.26. The van der Waals surface area contributed by atoms with Crippen molar-refractivity contribution in [3.05, 3.63) is 70.8 Å². The van der Waals surface area contributed by atoms with Gasteiger partial charge in [0.25, 0.3) is 5.91 Å². The lowest BCUT2D eigenvalue weighted by Gasteiger charge is -2.34. The number of carbonyl (C=O) groups is 1. The van der Waals surface area contributed by atoms with Gasteiger partial charge in [0, 0.05) is 49.5 Å². The molecule has 4 rings (SSSR count). The lowest BCUT2D eigenvalue weighted by atomic mass is 10.1. The maximum atomic E-state index is 14.1. The van der Waals surface area contributed by atoms with Crippen LogP contribution >= 0.6 is 11.6 Å². The third-order valence-corrected chi connectivity index (χ3v) is 6.04. The van der Waals surface area contributed by atoms with Crippen LogP contribution in [0.2, 0.25) is 5.02 Å². The summed E-state index contributed by atoms with van der Waals surface area (Å²) in [5, 5.41) is 4.77. The number of piperazine rings is 1. The van der Waals surface area contributed by atoms with E-state index in [1.807, 2.05) is 0 Å². The molecule has 0 spiro atoms. The van der Waals surface area contributed by atoms with E-state index in [4.69, 9.17) is 25.8 Å². The molecule has 2 aromatic carbocycles. The number of benzene rings is 2. The molecule has 1 amide bonds. The van der Waals surface area contributed by atoms with Gasteiger partial charge in [-0.1, -0.05) is 23.7 Å². The fraction of sp³-hybridized carbons (Fsp3) is 0.333. The van der Waals surface area contributed by atoms with E-state index in [2.05, 4.69) is 10.00 Å². The van der Waals surface area contributed by atoms with Gasteiger partial charge in [0.1, 0.15) is 5.82 Å². The molecule has 180 valence electrons. The molecule has 34 heavy (non-hydrogen) atoms. The molecule has 0 radical (unpaired) electrons. The quantitative estimate of drug-likeness (QED) is 0.482. The topological polar surface area (TPSA) is 69.1 Å². The van der Waals surface area contributed by atoms with E-state index in [1.54, 1.807) is 61.7 Å². The van der Waals surface area contributed by atoms with E-state index in [0.717, 1.165) is 0 Å². The predicted octanol–water partition coefficient (Wildman–Crippen LogP) is 3.69. The number of nitrogens with zero attached hydrogens (tertiary/aromatic N) is 4. The van der Waals surface area contributed by atoms with Crippen LogP contribution in [0.4, 0.5) is 4.39 Å². The van der Waals surface area contributed by atoms with Gasteiger partial charge < -0.3 is 19.1 Å². The molecule has 10 heteroatoms. The number of aromatic nitrogens is 2. The van der Waals surface area contributed by atoms with E-state index in [0.29, 0.717) is 66.3 Å². The molecular weight excluding hydrogens is 463 g/mol. The average Bonchev–Trinajstić information content (AvgIpc) is 3.34. The number of methoxy groups -OCH3 is 2. The van der Waals surface area contributed by atoms with Crippen LogP contribution in [0.5, 0.6) is 17.2 Å². The number of para-hydroxylation sites is 1. The van der Waals surface area contributed by atoms with Crippen LogP contribution in [0.15, 0.2) is 48.7 Å². The molecule has 1 aromatic heterocycles. The first-order chi connectivity index (χ1) is 16.5. The summed E-state index contributed by atoms with van der Waals surface area (Å²) >= 11 is 6.14. The molecule has 1 aliphatic rings. The molecule has 3 aromatic rings. The van der Waals surface area contributed by atoms with Crippen molar-refractivity contribution >= 4 is 17.5 Å². The Morgan fingerprint density at radius 2 is 1.71 bits per heavy atom. The summed E-state index contributed by atoms with van der Waals surface area (Å²) in [6, 6.07) is 11.7. The van der Waals surface area contributed by atoms with Crippen LogP contribution in [-0.2, 0) is 13.3 Å². The van der Waals surface area contributed by atoms with Gasteiger partial charge in [0.05, 0.1) is 14.2 Å². The molecule has 1 saturated heterocycles. The van der Waals surface area contributed by atoms with Crippen LogP contribution in [-0.4, -0.2) is 65.9 Å². The highest BCUT2D eigenvalue weighted by Crippen LogP contribution is 2.36. The zero-order valence-corrected chi connectivity index (χ0v) is 19.8. The second kappa shape index (κ2) is 10.8. The number of rotatable bonds is 8. The Hall–Kier alpha value is -3.30. The van der Waals surface area contributed by atoms with Gasteiger partial charge in [-0.2, -0.15) is 5.10 Å². The molecule has 0 bridgehead atoms. The largest absolute Gasteiger partial charge is 0.493 e. The first-order valence-electron chi connectivity index (χ1n) is 10.8. The number of carbonyl (C=O) groups excluding carboxylic acids is 1. The Labute approximate surface area is 202 Å². The van der Waals surface area contributed by atoms with Crippen LogP contribution in [0, 0.1) is 5.82 Å². The summed E-state index contributed by atoms with van der Waals surface area (Å²) in [4.78, 5) is 16.8. The van der Waals surface area contributed by atoms with Crippen molar-refractivity contribution in [1.29, 1.82) is 0 Å². The van der Waals surface area contributed by atoms with Crippen LogP contribution in [0.3, 0.4) is 0 Å². The average molecular weight is 489 g/mol. The molecule has 1 fully saturated rings. The highest BCUT2D eigenvalue weighted by molar-refractivity contribution is 6.31. The Bertz CT molecular complexity index is 1110. The molecule has 2 heterocycles. The standard InChI is InChI=1S/C24H26ClFN4O4/c1-32-21-7-4-8-22(33-2)23(21)34-16-30-10-9-20(27-30)24(31)29-13-11-28(12-14-29)15-17-18(25)5-3-6-19(17)26/h3-10H,11-16H2,1-2H3. The summed E-state index contributed by atoms with van der Waals surface area (Å²) in [6.45, 7) is 2.77. The van der Waals surface area contributed by atoms with Crippen molar-refractivity contribution in [1.82, 2.24) is 19.6 Å². The van der Waals surface area contributed by atoms with Crippen molar-refractivity contribution in [3.8, 4) is 17.2 Å². The van der Waals surface area contributed by atoms with Gasteiger partial charge in [-0.25, -0.2) is 9.07 Å². The van der Waals surface area contributed by atoms with Crippen LogP contribution < -0.4 is 14.2 Å². The molecule has 0 aliphatic carbocycles. The highest BCUT2D eigenvalue weighted by atomic mass is 35.5. The zero-order valence-electron chi connectivity index (χ0n) is 19.0. The van der Waals surface area contributed by atoms with Crippen LogP contribution in [0.25, 0.3) is 0 Å². The number of ether oxygens (including phenoxy) is 3. The maximum Gasteiger partial charge on any atom is 0.274 e. The van der Waals surface area contributed by atoms with E-state index < -0.39 is 0 Å². The van der Waals surface area contributed by atoms with E-state index in [9.17, 15) is 9.18 Å². The molecule has 0 N–H and O–H groups in total. The zero-order chi connectivity index (χ0) is 24.1. The monoisotopic (exact) mass is 488 g/mol. The predicted molar refractivity (Wildman–Crippen MR) is 125 cm³/mol. The molecule has 0 atom stereocenters. The van der Waals surface area contributed by atoms with Gasteiger partial charge in [-0.15, -0.1) is 0 Å². The lowest BCUT2D eigenvalue weighted by Crippen LogP contribution is -2.48. The fourth-order valence-corrected chi connectivity index (χ4v) is 4.04. The number of halogens is 2. The van der Waals surface area contributed by atoms with Gasteiger partial charge in [0.2, 0.25) is 5.75 Å². The second-order valence-corrected chi connectivity index (χ2v) is 8.18. The molecular formula is C24H26ClFN4O4. The van der Waals surface area contributed by atoms with Crippen molar-refractivity contribution < 1.29 is 23.4 Å². The number of hydrogen-bond donors (Lipinski definition) is 0. The second-order valence-electron chi connectivity index (χ2n) is 7.77.